The van der Waals surface area contributed by atoms with Crippen molar-refractivity contribution in [2.24, 2.45) is 0 Å². The number of aromatic nitrogens is 2. The highest BCUT2D eigenvalue weighted by molar-refractivity contribution is 7.17. The summed E-state index contributed by atoms with van der Waals surface area (Å²) in [5.41, 5.74) is 8.39. The third-order valence-electron chi connectivity index (χ3n) is 2.88. The number of anilines is 1. The van der Waals surface area contributed by atoms with Crippen LogP contribution in [0, 0.1) is 0 Å². The fourth-order valence-electron chi connectivity index (χ4n) is 2.03. The molecule has 0 unspecified atom stereocenters. The van der Waals surface area contributed by atoms with Crippen LogP contribution in [0.4, 0.5) is 5.82 Å². The summed E-state index contributed by atoms with van der Waals surface area (Å²) in [5, 5.41) is 4.20. The van der Waals surface area contributed by atoms with Crippen molar-refractivity contribution in [3.8, 4) is 10.6 Å². The van der Waals surface area contributed by atoms with E-state index in [0.29, 0.717) is 0 Å². The van der Waals surface area contributed by atoms with Crippen molar-refractivity contribution in [2.45, 2.75) is 26.2 Å². The Morgan fingerprint density at radius 1 is 1.28 bits per heavy atom. The van der Waals surface area contributed by atoms with Crippen molar-refractivity contribution < 1.29 is 0 Å². The van der Waals surface area contributed by atoms with Crippen LogP contribution in [0.3, 0.4) is 0 Å². The van der Waals surface area contributed by atoms with E-state index in [0.717, 1.165) is 22.2 Å². The smallest absolute Gasteiger partial charge is 0.196 e. The number of thiophene rings is 1. The highest BCUT2D eigenvalue weighted by Gasteiger charge is 2.24. The maximum Gasteiger partial charge on any atom is 0.196 e. The van der Waals surface area contributed by atoms with Crippen LogP contribution in [0.5, 0.6) is 0 Å². The molecule has 0 aliphatic heterocycles. The maximum absolute atomic E-state index is 6.29. The molecule has 5 heteroatoms. The molecule has 0 fully saturated rings. The highest BCUT2D eigenvalue weighted by atomic mass is 32.1. The Bertz CT molecular complexity index is 684. The van der Waals surface area contributed by atoms with Crippen molar-refractivity contribution in [2.75, 3.05) is 5.73 Å². The van der Waals surface area contributed by atoms with Gasteiger partial charge < -0.3 is 5.73 Å². The Hall–Kier alpha value is -1.33. The Morgan fingerprint density at radius 2 is 2.06 bits per heavy atom. The first kappa shape index (κ1) is 11.7. The number of thiazole rings is 1. The molecule has 0 aliphatic carbocycles. The van der Waals surface area contributed by atoms with E-state index in [1.165, 1.54) is 4.88 Å². The highest BCUT2D eigenvalue weighted by Crippen LogP contribution is 2.35. The first-order valence-corrected chi connectivity index (χ1v) is 7.54. The molecule has 0 aliphatic rings. The van der Waals surface area contributed by atoms with Gasteiger partial charge in [0.2, 0.25) is 0 Å². The van der Waals surface area contributed by atoms with E-state index in [1.807, 2.05) is 0 Å². The number of fused-ring (bicyclic) bond motifs is 1. The predicted molar refractivity (Wildman–Crippen MR) is 79.5 cm³/mol. The van der Waals surface area contributed by atoms with Gasteiger partial charge in [-0.15, -0.1) is 22.7 Å². The number of hydrogen-bond acceptors (Lipinski definition) is 4. The van der Waals surface area contributed by atoms with Crippen molar-refractivity contribution in [1.29, 1.82) is 0 Å². The quantitative estimate of drug-likeness (QED) is 0.730. The van der Waals surface area contributed by atoms with Gasteiger partial charge in [0.25, 0.3) is 0 Å². The van der Waals surface area contributed by atoms with E-state index in [1.54, 1.807) is 22.7 Å². The maximum atomic E-state index is 6.29. The number of imidazole rings is 1. The minimum absolute atomic E-state index is 0.0253. The molecule has 0 radical (unpaired) electrons. The number of rotatable bonds is 1. The molecule has 0 bridgehead atoms. The van der Waals surface area contributed by atoms with E-state index < -0.39 is 0 Å². The van der Waals surface area contributed by atoms with Crippen molar-refractivity contribution in [1.82, 2.24) is 9.38 Å². The van der Waals surface area contributed by atoms with E-state index >= 15 is 0 Å². The van der Waals surface area contributed by atoms with Crippen molar-refractivity contribution in [3.63, 3.8) is 0 Å². The molecule has 0 amide bonds. The van der Waals surface area contributed by atoms with E-state index in [9.17, 15) is 0 Å². The second kappa shape index (κ2) is 3.83. The third kappa shape index (κ3) is 1.66. The fraction of sp³-hybridized carbons (Fsp3) is 0.308. The molecule has 18 heavy (non-hydrogen) atoms. The molecular formula is C13H15N3S2. The van der Waals surface area contributed by atoms with Crippen LogP contribution >= 0.6 is 22.7 Å². The van der Waals surface area contributed by atoms with Gasteiger partial charge in [0.05, 0.1) is 16.3 Å². The Morgan fingerprint density at radius 3 is 2.67 bits per heavy atom. The van der Waals surface area contributed by atoms with Gasteiger partial charge in [0, 0.05) is 10.8 Å². The van der Waals surface area contributed by atoms with Crippen LogP contribution in [-0.2, 0) is 5.41 Å². The lowest BCUT2D eigenvalue weighted by Gasteiger charge is -2.16. The molecule has 0 saturated heterocycles. The van der Waals surface area contributed by atoms with Crippen molar-refractivity contribution >= 4 is 33.5 Å². The molecule has 94 valence electrons. The summed E-state index contributed by atoms with van der Waals surface area (Å²) < 4.78 is 2.07. The zero-order chi connectivity index (χ0) is 12.9. The first-order chi connectivity index (χ1) is 8.48. The lowest BCUT2D eigenvalue weighted by Crippen LogP contribution is -2.14. The van der Waals surface area contributed by atoms with Gasteiger partial charge in [0.15, 0.2) is 4.96 Å². The Balaban J connectivity index is 2.28. The van der Waals surface area contributed by atoms with Crippen LogP contribution < -0.4 is 5.73 Å². The molecule has 0 saturated carbocycles. The fourth-order valence-corrected chi connectivity index (χ4v) is 3.73. The zero-order valence-electron chi connectivity index (χ0n) is 10.6. The van der Waals surface area contributed by atoms with Crippen LogP contribution in [0.2, 0.25) is 0 Å². The predicted octanol–water partition coefficient (Wildman–Crippen LogP) is 4.00. The van der Waals surface area contributed by atoms with Crippen LogP contribution in [0.25, 0.3) is 15.5 Å². The number of nitrogen functional groups attached to an aromatic ring is 1. The molecule has 0 atom stereocenters. The van der Waals surface area contributed by atoms with Gasteiger partial charge in [0.1, 0.15) is 5.82 Å². The first-order valence-electron chi connectivity index (χ1n) is 5.78. The molecule has 0 aromatic carbocycles. The summed E-state index contributed by atoms with van der Waals surface area (Å²) in [7, 11) is 0. The summed E-state index contributed by atoms with van der Waals surface area (Å²) in [5.74, 6) is 0.766. The molecule has 3 aromatic rings. The standard InChI is InChI=1S/C13H15N3S2/c1-13(2,3)10-11(14)16-8(7-18-12(16)15-10)9-5-4-6-17-9/h4-7H,14H2,1-3H3. The van der Waals surface area contributed by atoms with Crippen molar-refractivity contribution in [3.05, 3.63) is 28.6 Å². The van der Waals surface area contributed by atoms with Gasteiger partial charge >= 0.3 is 0 Å². The average Bonchev–Trinajstić information content (AvgIpc) is 2.94. The van der Waals surface area contributed by atoms with Crippen LogP contribution in [0.1, 0.15) is 26.5 Å². The van der Waals surface area contributed by atoms with Gasteiger partial charge in [-0.25, -0.2) is 4.98 Å². The second-order valence-electron chi connectivity index (χ2n) is 5.31. The van der Waals surface area contributed by atoms with E-state index in [4.69, 9.17) is 5.73 Å². The SMILES string of the molecule is CC(C)(C)c1nc2scc(-c3cccs3)n2c1N. The summed E-state index contributed by atoms with van der Waals surface area (Å²) in [6, 6.07) is 4.17. The van der Waals surface area contributed by atoms with E-state index in [-0.39, 0.29) is 5.41 Å². The monoisotopic (exact) mass is 277 g/mol. The van der Waals surface area contributed by atoms with E-state index in [2.05, 4.69) is 53.0 Å². The molecule has 3 heterocycles. The summed E-state index contributed by atoms with van der Waals surface area (Å²) in [4.78, 5) is 6.88. The minimum atomic E-state index is -0.0253. The zero-order valence-corrected chi connectivity index (χ0v) is 12.2. The largest absolute Gasteiger partial charge is 0.383 e. The lowest BCUT2D eigenvalue weighted by atomic mass is 9.92. The topological polar surface area (TPSA) is 43.3 Å². The molecule has 0 spiro atoms. The third-order valence-corrected chi connectivity index (χ3v) is 4.60. The molecule has 3 rings (SSSR count). The lowest BCUT2D eigenvalue weighted by molar-refractivity contribution is 0.576. The number of nitrogens with two attached hydrogens (primary N) is 1. The number of hydrogen-bond donors (Lipinski definition) is 1. The average molecular weight is 277 g/mol. The normalized spacial score (nSPS) is 12.4. The van der Waals surface area contributed by atoms with Crippen LogP contribution in [-0.4, -0.2) is 9.38 Å². The van der Waals surface area contributed by atoms with Crippen LogP contribution in [0.15, 0.2) is 22.9 Å². The molecule has 3 aromatic heterocycles. The van der Waals surface area contributed by atoms with Gasteiger partial charge in [-0.05, 0) is 11.4 Å². The Labute approximate surface area is 114 Å². The minimum Gasteiger partial charge on any atom is -0.383 e. The molecular weight excluding hydrogens is 262 g/mol. The Kier molecular flexibility index (Phi) is 2.50. The molecule has 2 N–H and O–H groups in total. The summed E-state index contributed by atoms with van der Waals surface area (Å²) in [6.45, 7) is 6.42. The van der Waals surface area contributed by atoms with Gasteiger partial charge in [-0.1, -0.05) is 26.8 Å². The summed E-state index contributed by atoms with van der Waals surface area (Å²) in [6.07, 6.45) is 0. The molecule has 3 nitrogen and oxygen atoms in total. The number of nitrogens with zero attached hydrogens (tertiary/aromatic N) is 2. The van der Waals surface area contributed by atoms with Gasteiger partial charge in [-0.3, -0.25) is 4.40 Å². The summed E-state index contributed by atoms with van der Waals surface area (Å²) >= 11 is 3.37. The second-order valence-corrected chi connectivity index (χ2v) is 7.10. The van der Waals surface area contributed by atoms with Gasteiger partial charge in [-0.2, -0.15) is 0 Å².